The molecule has 1 amide bonds. The van der Waals surface area contributed by atoms with Gasteiger partial charge in [0.25, 0.3) is 6.02 Å². The molecule has 0 aromatic heterocycles. The van der Waals surface area contributed by atoms with Crippen LogP contribution < -0.4 is 11.1 Å². The Hall–Kier alpha value is -3.20. The van der Waals surface area contributed by atoms with Crippen LogP contribution in [0.5, 0.6) is 0 Å². The minimum absolute atomic E-state index is 0.00313. The third-order valence-corrected chi connectivity index (χ3v) is 5.27. The summed E-state index contributed by atoms with van der Waals surface area (Å²) in [5.74, 6) is 0.00313. The number of rotatable bonds is 4. The molecule has 1 unspecified atom stereocenters. The standard InChI is InChI=1S/C22H31N7O2/c1-16-12-18(4-3-11-31-22(24)27-16)20-6-5-19(15-26-20)25-14-17(2)28-7-9-29(10-8-28)21(30)13-23/h3-6,12,14,16H,7-11,13,15,23H2,1-2H3,(H2,24,27)/b4-3?,17-14+,18-12?,25-19?. The SMILES string of the molecule is C/C(=C\N=C1C=CC(C2=CC(C)NC(=N)OCC=C2)=NC1)N1CCN(C(=O)CN)CC1. The summed E-state index contributed by atoms with van der Waals surface area (Å²) in [4.78, 5) is 25.0. The van der Waals surface area contributed by atoms with Gasteiger partial charge in [-0.15, -0.1) is 0 Å². The van der Waals surface area contributed by atoms with E-state index in [0.717, 1.165) is 35.8 Å². The molecule has 3 aliphatic rings. The van der Waals surface area contributed by atoms with Crippen molar-refractivity contribution in [3.8, 4) is 0 Å². The fraction of sp³-hybridized carbons (Fsp3) is 0.455. The van der Waals surface area contributed by atoms with Crippen molar-refractivity contribution in [3.05, 3.63) is 47.9 Å². The predicted molar refractivity (Wildman–Crippen MR) is 123 cm³/mol. The lowest BCUT2D eigenvalue weighted by Crippen LogP contribution is -2.49. The van der Waals surface area contributed by atoms with Gasteiger partial charge in [0.15, 0.2) is 0 Å². The van der Waals surface area contributed by atoms with Crippen molar-refractivity contribution >= 4 is 23.4 Å². The zero-order chi connectivity index (χ0) is 22.2. The highest BCUT2D eigenvalue weighted by Crippen LogP contribution is 2.12. The molecule has 31 heavy (non-hydrogen) atoms. The van der Waals surface area contributed by atoms with Gasteiger partial charge in [-0.1, -0.05) is 12.2 Å². The number of ether oxygens (including phenoxy) is 1. The minimum Gasteiger partial charge on any atom is -0.461 e. The van der Waals surface area contributed by atoms with E-state index in [4.69, 9.17) is 15.9 Å². The van der Waals surface area contributed by atoms with Crippen LogP contribution in [0.15, 0.2) is 57.8 Å². The molecule has 4 N–H and O–H groups in total. The van der Waals surface area contributed by atoms with Crippen molar-refractivity contribution in [2.45, 2.75) is 19.9 Å². The number of hydrogen-bond donors (Lipinski definition) is 3. The number of carbonyl (C=O) groups excluding carboxylic acids is 1. The van der Waals surface area contributed by atoms with Crippen molar-refractivity contribution in [2.75, 3.05) is 45.9 Å². The fourth-order valence-electron chi connectivity index (χ4n) is 3.51. The maximum atomic E-state index is 11.7. The van der Waals surface area contributed by atoms with Gasteiger partial charge < -0.3 is 25.6 Å². The van der Waals surface area contributed by atoms with Gasteiger partial charge in [0.2, 0.25) is 5.91 Å². The number of piperazine rings is 1. The van der Waals surface area contributed by atoms with Crippen molar-refractivity contribution < 1.29 is 9.53 Å². The number of nitrogens with one attached hydrogen (secondary N) is 2. The Labute approximate surface area is 183 Å². The van der Waals surface area contributed by atoms with Gasteiger partial charge in [-0.3, -0.25) is 20.2 Å². The van der Waals surface area contributed by atoms with Crippen molar-refractivity contribution in [3.63, 3.8) is 0 Å². The molecule has 3 heterocycles. The summed E-state index contributed by atoms with van der Waals surface area (Å²) < 4.78 is 5.25. The van der Waals surface area contributed by atoms with Gasteiger partial charge >= 0.3 is 0 Å². The van der Waals surface area contributed by atoms with Crippen LogP contribution >= 0.6 is 0 Å². The van der Waals surface area contributed by atoms with Gasteiger partial charge in [-0.05, 0) is 37.6 Å². The molecule has 0 radical (unpaired) electrons. The summed E-state index contributed by atoms with van der Waals surface area (Å²) in [5.41, 5.74) is 9.28. The average molecular weight is 426 g/mol. The van der Waals surface area contributed by atoms with E-state index in [-0.39, 0.29) is 24.5 Å². The van der Waals surface area contributed by atoms with E-state index in [1.54, 1.807) is 0 Å². The van der Waals surface area contributed by atoms with E-state index in [9.17, 15) is 4.79 Å². The molecule has 0 spiro atoms. The van der Waals surface area contributed by atoms with E-state index >= 15 is 0 Å². The Morgan fingerprint density at radius 2 is 2.06 bits per heavy atom. The molecule has 1 saturated heterocycles. The van der Waals surface area contributed by atoms with Crippen LogP contribution in [0.4, 0.5) is 0 Å². The van der Waals surface area contributed by atoms with Gasteiger partial charge in [-0.2, -0.15) is 0 Å². The third kappa shape index (κ3) is 6.39. The molecule has 9 nitrogen and oxygen atoms in total. The lowest BCUT2D eigenvalue weighted by Gasteiger charge is -2.36. The molecule has 0 aromatic rings. The lowest BCUT2D eigenvalue weighted by molar-refractivity contribution is -0.131. The molecular weight excluding hydrogens is 394 g/mol. The highest BCUT2D eigenvalue weighted by Gasteiger charge is 2.20. The van der Waals surface area contributed by atoms with Crippen molar-refractivity contribution in [1.29, 1.82) is 5.41 Å². The number of carbonyl (C=O) groups is 1. The van der Waals surface area contributed by atoms with Crippen LogP contribution in [-0.4, -0.2) is 85.1 Å². The molecule has 0 aromatic carbocycles. The first kappa shape index (κ1) is 22.5. The fourth-order valence-corrected chi connectivity index (χ4v) is 3.51. The number of nitrogens with two attached hydrogens (primary N) is 1. The van der Waals surface area contributed by atoms with Crippen LogP contribution in [0.3, 0.4) is 0 Å². The molecule has 166 valence electrons. The summed E-state index contributed by atoms with van der Waals surface area (Å²) in [7, 11) is 0. The van der Waals surface area contributed by atoms with E-state index in [2.05, 4.69) is 20.2 Å². The van der Waals surface area contributed by atoms with Gasteiger partial charge in [0, 0.05) is 44.1 Å². The number of dihydropyridines is 1. The lowest BCUT2D eigenvalue weighted by atomic mass is 10.0. The Kier molecular flexibility index (Phi) is 7.77. The van der Waals surface area contributed by atoms with Crippen molar-refractivity contribution in [1.82, 2.24) is 15.1 Å². The van der Waals surface area contributed by atoms with Crippen LogP contribution in [0.2, 0.25) is 0 Å². The number of nitrogens with zero attached hydrogens (tertiary/aromatic N) is 4. The summed E-state index contributed by atoms with van der Waals surface area (Å²) >= 11 is 0. The Morgan fingerprint density at radius 3 is 2.74 bits per heavy atom. The Balaban J connectivity index is 1.59. The summed E-state index contributed by atoms with van der Waals surface area (Å²) in [6.07, 6.45) is 11.7. The largest absolute Gasteiger partial charge is 0.461 e. The van der Waals surface area contributed by atoms with Crippen LogP contribution in [0, 0.1) is 5.41 Å². The van der Waals surface area contributed by atoms with E-state index in [1.165, 1.54) is 0 Å². The number of allylic oxidation sites excluding steroid dienone is 4. The highest BCUT2D eigenvalue weighted by molar-refractivity contribution is 6.16. The van der Waals surface area contributed by atoms with Crippen molar-refractivity contribution in [2.24, 2.45) is 15.7 Å². The van der Waals surface area contributed by atoms with Gasteiger partial charge in [-0.25, -0.2) is 0 Å². The predicted octanol–water partition coefficient (Wildman–Crippen LogP) is 0.828. The molecule has 0 bridgehead atoms. The minimum atomic E-state index is -0.0393. The zero-order valence-corrected chi connectivity index (χ0v) is 18.2. The second-order valence-corrected chi connectivity index (χ2v) is 7.60. The van der Waals surface area contributed by atoms with Crippen LogP contribution in [-0.2, 0) is 9.53 Å². The quantitative estimate of drug-likeness (QED) is 0.616. The summed E-state index contributed by atoms with van der Waals surface area (Å²) in [5, 5.41) is 10.7. The first-order valence-electron chi connectivity index (χ1n) is 10.5. The molecule has 0 saturated carbocycles. The molecule has 0 aliphatic carbocycles. The third-order valence-electron chi connectivity index (χ3n) is 5.27. The molecule has 1 fully saturated rings. The number of amides is 1. The smallest absolute Gasteiger partial charge is 0.282 e. The average Bonchev–Trinajstić information content (AvgIpc) is 2.87. The monoisotopic (exact) mass is 425 g/mol. The highest BCUT2D eigenvalue weighted by atomic mass is 16.5. The maximum absolute atomic E-state index is 11.7. The van der Waals surface area contributed by atoms with Gasteiger partial charge in [0.1, 0.15) is 6.61 Å². The van der Waals surface area contributed by atoms with E-state index in [1.807, 2.05) is 55.3 Å². The topological polar surface area (TPSA) is 119 Å². The second kappa shape index (κ2) is 10.7. The van der Waals surface area contributed by atoms with Gasteiger partial charge in [0.05, 0.1) is 24.5 Å². The Morgan fingerprint density at radius 1 is 1.32 bits per heavy atom. The molecule has 3 aliphatic heterocycles. The first-order valence-corrected chi connectivity index (χ1v) is 10.5. The molecule has 1 atom stereocenters. The van der Waals surface area contributed by atoms with Crippen LogP contribution in [0.1, 0.15) is 13.8 Å². The normalized spacial score (nSPS) is 24.0. The zero-order valence-electron chi connectivity index (χ0n) is 18.2. The molecule has 9 heteroatoms. The summed E-state index contributed by atoms with van der Waals surface area (Å²) in [6, 6.07) is 0.0300. The first-order chi connectivity index (χ1) is 15.0. The van der Waals surface area contributed by atoms with Crippen LogP contribution in [0.25, 0.3) is 0 Å². The number of hydrogen-bond acceptors (Lipinski definition) is 7. The maximum Gasteiger partial charge on any atom is 0.282 e. The second-order valence-electron chi connectivity index (χ2n) is 7.60. The summed E-state index contributed by atoms with van der Waals surface area (Å²) in [6.45, 7) is 7.86. The Bertz CT molecular complexity index is 874. The molecule has 3 rings (SSSR count). The number of amidine groups is 1. The van der Waals surface area contributed by atoms with E-state index < -0.39 is 0 Å². The molecular formula is C22H31N7O2. The van der Waals surface area contributed by atoms with E-state index in [0.29, 0.717) is 26.2 Å². The number of aliphatic imine (C=N–C) groups is 2.